The molecule has 158 valence electrons. The molecule has 2 heterocycles. The number of carbonyl (C=O) groups excluding carboxylic acids is 2. The van der Waals surface area contributed by atoms with Crippen molar-refractivity contribution in [3.63, 3.8) is 0 Å². The van der Waals surface area contributed by atoms with Crippen LogP contribution in [0.15, 0.2) is 23.3 Å². The van der Waals surface area contributed by atoms with Crippen LogP contribution in [0.3, 0.4) is 0 Å². The fraction of sp³-hybridized carbons (Fsp3) is 0.526. The summed E-state index contributed by atoms with van der Waals surface area (Å²) in [5.74, 6) is 0.323. The maximum absolute atomic E-state index is 12.7. The van der Waals surface area contributed by atoms with Gasteiger partial charge in [-0.3, -0.25) is 9.59 Å². The molecule has 0 saturated carbocycles. The summed E-state index contributed by atoms with van der Waals surface area (Å²) in [6, 6.07) is 4.57. The molecule has 2 amide bonds. The van der Waals surface area contributed by atoms with Crippen LogP contribution >= 0.6 is 0 Å². The van der Waals surface area contributed by atoms with E-state index in [2.05, 4.69) is 10.4 Å². The number of hydrogen-bond acceptors (Lipinski definition) is 7. The minimum absolute atomic E-state index is 0.0326. The fourth-order valence-corrected chi connectivity index (χ4v) is 5.01. The number of benzene rings is 1. The summed E-state index contributed by atoms with van der Waals surface area (Å²) >= 11 is 0. The number of sulfone groups is 1. The third kappa shape index (κ3) is 5.06. The minimum Gasteiger partial charge on any atom is -0.490 e. The number of anilines is 1. The number of ether oxygens (including phenoxy) is 2. The molecule has 0 spiro atoms. The minimum atomic E-state index is -3.16. The van der Waals surface area contributed by atoms with Gasteiger partial charge in [-0.25, -0.2) is 13.4 Å². The van der Waals surface area contributed by atoms with E-state index < -0.39 is 21.8 Å². The second kappa shape index (κ2) is 8.81. The molecule has 1 aromatic carbocycles. The molecule has 9 nitrogen and oxygen atoms in total. The predicted octanol–water partition coefficient (Wildman–Crippen LogP) is 1.59. The molecule has 0 aliphatic carbocycles. The topological polar surface area (TPSA) is 114 Å². The number of nitrogens with zero attached hydrogens (tertiary/aromatic N) is 2. The maximum Gasteiger partial charge on any atom is 0.271 e. The van der Waals surface area contributed by atoms with Gasteiger partial charge in [0, 0.05) is 24.6 Å². The Kier molecular flexibility index (Phi) is 6.41. The number of nitrogens with one attached hydrogen (secondary N) is 1. The van der Waals surface area contributed by atoms with E-state index >= 15 is 0 Å². The Morgan fingerprint density at radius 3 is 2.59 bits per heavy atom. The number of rotatable bonds is 7. The van der Waals surface area contributed by atoms with E-state index in [1.807, 2.05) is 13.8 Å². The maximum atomic E-state index is 12.7. The zero-order valence-electron chi connectivity index (χ0n) is 16.5. The summed E-state index contributed by atoms with van der Waals surface area (Å²) in [6.07, 6.45) is 0.662. The molecule has 2 aliphatic heterocycles. The molecule has 1 saturated heterocycles. The van der Waals surface area contributed by atoms with Crippen molar-refractivity contribution in [1.29, 1.82) is 0 Å². The average Bonchev–Trinajstić information content (AvgIpc) is 3.04. The number of hydrogen-bond donors (Lipinski definition) is 1. The Labute approximate surface area is 170 Å². The lowest BCUT2D eigenvalue weighted by Crippen LogP contribution is -2.42. The van der Waals surface area contributed by atoms with E-state index in [1.165, 1.54) is 5.01 Å². The predicted molar refractivity (Wildman–Crippen MR) is 108 cm³/mol. The summed E-state index contributed by atoms with van der Waals surface area (Å²) < 4.78 is 34.5. The first-order valence-corrected chi connectivity index (χ1v) is 11.5. The van der Waals surface area contributed by atoms with Crippen molar-refractivity contribution in [3.8, 4) is 11.5 Å². The first-order chi connectivity index (χ1) is 13.8. The normalized spacial score (nSPS) is 20.9. The van der Waals surface area contributed by atoms with Gasteiger partial charge < -0.3 is 14.8 Å². The quantitative estimate of drug-likeness (QED) is 0.712. The zero-order valence-corrected chi connectivity index (χ0v) is 17.3. The SMILES string of the molecule is CCOc1ccc(NC(=O)C2=NN([C@H]3CCS(=O)(=O)C3)C(=O)CC2)cc1OCC. The summed E-state index contributed by atoms with van der Waals surface area (Å²) in [4.78, 5) is 24.9. The molecule has 10 heteroatoms. The zero-order chi connectivity index (χ0) is 21.0. The van der Waals surface area contributed by atoms with Crippen molar-refractivity contribution in [2.45, 2.75) is 39.2 Å². The van der Waals surface area contributed by atoms with Crippen molar-refractivity contribution in [1.82, 2.24) is 5.01 Å². The largest absolute Gasteiger partial charge is 0.490 e. The Bertz CT molecular complexity index is 928. The molecule has 1 N–H and O–H groups in total. The van der Waals surface area contributed by atoms with Crippen LogP contribution in [0.5, 0.6) is 11.5 Å². The number of carbonyl (C=O) groups is 2. The molecule has 0 unspecified atom stereocenters. The first-order valence-electron chi connectivity index (χ1n) is 9.64. The Hall–Kier alpha value is -2.62. The van der Waals surface area contributed by atoms with Gasteiger partial charge in [0.25, 0.3) is 5.91 Å². The molecular weight excluding hydrogens is 398 g/mol. The van der Waals surface area contributed by atoms with E-state index in [1.54, 1.807) is 18.2 Å². The highest BCUT2D eigenvalue weighted by atomic mass is 32.2. The molecule has 0 bridgehead atoms. The summed E-state index contributed by atoms with van der Waals surface area (Å²) in [5.41, 5.74) is 0.706. The van der Waals surface area contributed by atoms with Crippen LogP contribution in [0.2, 0.25) is 0 Å². The average molecular weight is 423 g/mol. The van der Waals surface area contributed by atoms with E-state index in [4.69, 9.17) is 9.47 Å². The molecule has 1 aromatic rings. The lowest BCUT2D eigenvalue weighted by atomic mass is 10.1. The van der Waals surface area contributed by atoms with Crippen LogP contribution in [0.4, 0.5) is 5.69 Å². The van der Waals surface area contributed by atoms with Gasteiger partial charge >= 0.3 is 0 Å². The second-order valence-electron chi connectivity index (χ2n) is 6.82. The smallest absolute Gasteiger partial charge is 0.271 e. The first kappa shape index (κ1) is 21.1. The monoisotopic (exact) mass is 423 g/mol. The van der Waals surface area contributed by atoms with Gasteiger partial charge in [0.05, 0.1) is 30.8 Å². The standard InChI is InChI=1S/C19H25N3O6S/c1-3-27-16-7-5-13(11-17(16)28-4-2)20-19(24)15-6-8-18(23)22(21-15)14-9-10-29(25,26)12-14/h5,7,11,14H,3-4,6,8-10,12H2,1-2H3,(H,20,24)/t14-/m0/s1. The highest BCUT2D eigenvalue weighted by Crippen LogP contribution is 2.31. The second-order valence-corrected chi connectivity index (χ2v) is 9.05. The Morgan fingerprint density at radius 2 is 1.93 bits per heavy atom. The van der Waals surface area contributed by atoms with Crippen molar-refractivity contribution in [2.75, 3.05) is 30.0 Å². The van der Waals surface area contributed by atoms with Crippen LogP contribution in [0.1, 0.15) is 33.1 Å². The van der Waals surface area contributed by atoms with Crippen molar-refractivity contribution in [2.24, 2.45) is 5.10 Å². The van der Waals surface area contributed by atoms with Crippen molar-refractivity contribution >= 4 is 33.1 Å². The summed E-state index contributed by atoms with van der Waals surface area (Å²) in [7, 11) is -3.16. The van der Waals surface area contributed by atoms with Crippen LogP contribution in [-0.2, 0) is 19.4 Å². The van der Waals surface area contributed by atoms with Gasteiger partial charge in [0.15, 0.2) is 21.3 Å². The molecule has 29 heavy (non-hydrogen) atoms. The number of hydrazone groups is 1. The van der Waals surface area contributed by atoms with E-state index in [-0.39, 0.29) is 36.0 Å². The van der Waals surface area contributed by atoms with Gasteiger partial charge in [-0.2, -0.15) is 5.10 Å². The van der Waals surface area contributed by atoms with Gasteiger partial charge in [0.1, 0.15) is 5.71 Å². The molecule has 2 aliphatic rings. The molecular formula is C19H25N3O6S. The molecule has 3 rings (SSSR count). The third-order valence-electron chi connectivity index (χ3n) is 4.68. The summed E-state index contributed by atoms with van der Waals surface area (Å²) in [5, 5.41) is 8.11. The molecule has 1 fully saturated rings. The highest BCUT2D eigenvalue weighted by molar-refractivity contribution is 7.91. The van der Waals surface area contributed by atoms with Crippen LogP contribution in [0, 0.1) is 0 Å². The van der Waals surface area contributed by atoms with Crippen molar-refractivity contribution in [3.05, 3.63) is 18.2 Å². The van der Waals surface area contributed by atoms with Gasteiger partial charge in [0.2, 0.25) is 5.91 Å². The molecule has 0 aromatic heterocycles. The van der Waals surface area contributed by atoms with Crippen LogP contribution in [0.25, 0.3) is 0 Å². The lowest BCUT2D eigenvalue weighted by molar-refractivity contribution is -0.133. The van der Waals surface area contributed by atoms with E-state index in [0.29, 0.717) is 36.8 Å². The fourth-order valence-electron chi connectivity index (χ4n) is 3.32. The number of amides is 2. The van der Waals surface area contributed by atoms with Crippen LogP contribution in [-0.4, -0.2) is 61.7 Å². The molecule has 0 radical (unpaired) electrons. The van der Waals surface area contributed by atoms with Gasteiger partial charge in [-0.05, 0) is 32.4 Å². The van der Waals surface area contributed by atoms with Gasteiger partial charge in [-0.15, -0.1) is 0 Å². The Morgan fingerprint density at radius 1 is 1.21 bits per heavy atom. The van der Waals surface area contributed by atoms with Crippen molar-refractivity contribution < 1.29 is 27.5 Å². The van der Waals surface area contributed by atoms with E-state index in [9.17, 15) is 18.0 Å². The van der Waals surface area contributed by atoms with E-state index in [0.717, 1.165) is 0 Å². The van der Waals surface area contributed by atoms with Crippen LogP contribution < -0.4 is 14.8 Å². The summed E-state index contributed by atoms with van der Waals surface area (Å²) in [6.45, 7) is 4.66. The Balaban J connectivity index is 1.75. The third-order valence-corrected chi connectivity index (χ3v) is 6.43. The van der Waals surface area contributed by atoms with Gasteiger partial charge in [-0.1, -0.05) is 0 Å². The highest BCUT2D eigenvalue weighted by Gasteiger charge is 2.37. The molecule has 1 atom stereocenters. The lowest BCUT2D eigenvalue weighted by Gasteiger charge is -2.27.